The molecule has 1 saturated heterocycles. The van der Waals surface area contributed by atoms with Gasteiger partial charge in [-0.25, -0.2) is 4.68 Å². The first-order valence-electron chi connectivity index (χ1n) is 8.35. The third-order valence-electron chi connectivity index (χ3n) is 4.64. The standard InChI is InChI=1S/C19H22N4O2/c1-13-17(14(2)23(21-13)16-6-4-3-5-7-16)8-9-18(24)22-11-10-15(12-22)19(20)25/h3-9,15H,10-12H2,1-2H3,(H2,20,25)/b9-8-/t15-/m1/s1. The molecule has 6 heteroatoms. The molecule has 0 unspecified atom stereocenters. The van der Waals surface area contributed by atoms with E-state index in [-0.39, 0.29) is 17.7 Å². The molecule has 1 atom stereocenters. The van der Waals surface area contributed by atoms with E-state index >= 15 is 0 Å². The second-order valence-corrected chi connectivity index (χ2v) is 6.34. The van der Waals surface area contributed by atoms with E-state index < -0.39 is 0 Å². The summed E-state index contributed by atoms with van der Waals surface area (Å²) >= 11 is 0. The SMILES string of the molecule is Cc1nn(-c2ccccc2)c(C)c1/C=C\C(=O)N1CC[C@@H](C(N)=O)C1. The highest BCUT2D eigenvalue weighted by molar-refractivity contribution is 5.93. The Morgan fingerprint density at radius 3 is 2.60 bits per heavy atom. The van der Waals surface area contributed by atoms with E-state index in [0.717, 1.165) is 22.6 Å². The summed E-state index contributed by atoms with van der Waals surface area (Å²) in [7, 11) is 0. The first-order chi connectivity index (χ1) is 12.0. The molecule has 0 spiro atoms. The minimum Gasteiger partial charge on any atom is -0.369 e. The van der Waals surface area contributed by atoms with Crippen molar-refractivity contribution in [3.05, 3.63) is 53.4 Å². The lowest BCUT2D eigenvalue weighted by atomic mass is 10.1. The molecular weight excluding hydrogens is 316 g/mol. The van der Waals surface area contributed by atoms with Crippen molar-refractivity contribution in [1.82, 2.24) is 14.7 Å². The predicted octanol–water partition coefficient (Wildman–Crippen LogP) is 1.84. The number of aryl methyl sites for hydroxylation is 1. The molecule has 25 heavy (non-hydrogen) atoms. The number of nitrogens with two attached hydrogens (primary N) is 1. The number of primary amides is 1. The highest BCUT2D eigenvalue weighted by atomic mass is 16.2. The minimum absolute atomic E-state index is 0.102. The fourth-order valence-corrected chi connectivity index (χ4v) is 3.17. The van der Waals surface area contributed by atoms with E-state index in [1.54, 1.807) is 17.1 Å². The number of amides is 2. The molecule has 2 aromatic rings. The van der Waals surface area contributed by atoms with Crippen molar-refractivity contribution < 1.29 is 9.59 Å². The third-order valence-corrected chi connectivity index (χ3v) is 4.64. The molecule has 1 aliphatic rings. The monoisotopic (exact) mass is 338 g/mol. The maximum absolute atomic E-state index is 12.3. The second-order valence-electron chi connectivity index (χ2n) is 6.34. The Balaban J connectivity index is 1.77. The van der Waals surface area contributed by atoms with Gasteiger partial charge in [0.05, 0.1) is 17.3 Å². The second kappa shape index (κ2) is 6.93. The molecule has 2 amide bonds. The zero-order valence-electron chi connectivity index (χ0n) is 14.5. The van der Waals surface area contributed by atoms with Gasteiger partial charge in [0.15, 0.2) is 0 Å². The summed E-state index contributed by atoms with van der Waals surface area (Å²) in [6, 6.07) is 9.88. The maximum Gasteiger partial charge on any atom is 0.246 e. The molecule has 0 saturated carbocycles. The number of benzene rings is 1. The average molecular weight is 338 g/mol. The van der Waals surface area contributed by atoms with Crippen LogP contribution in [-0.2, 0) is 9.59 Å². The van der Waals surface area contributed by atoms with E-state index in [2.05, 4.69) is 5.10 Å². The number of hydrogen-bond donors (Lipinski definition) is 1. The van der Waals surface area contributed by atoms with Crippen molar-refractivity contribution >= 4 is 17.9 Å². The van der Waals surface area contributed by atoms with Crippen LogP contribution in [0.15, 0.2) is 36.4 Å². The average Bonchev–Trinajstić information content (AvgIpc) is 3.20. The van der Waals surface area contributed by atoms with Crippen LogP contribution in [0.5, 0.6) is 0 Å². The summed E-state index contributed by atoms with van der Waals surface area (Å²) in [5.41, 5.74) is 9.07. The van der Waals surface area contributed by atoms with Crippen LogP contribution in [0.1, 0.15) is 23.4 Å². The van der Waals surface area contributed by atoms with Crippen molar-refractivity contribution in [3.63, 3.8) is 0 Å². The number of para-hydroxylation sites is 1. The summed E-state index contributed by atoms with van der Waals surface area (Å²) in [6.07, 6.45) is 3.99. The van der Waals surface area contributed by atoms with Crippen LogP contribution >= 0.6 is 0 Å². The fraction of sp³-hybridized carbons (Fsp3) is 0.316. The molecule has 1 aromatic carbocycles. The summed E-state index contributed by atoms with van der Waals surface area (Å²) in [5, 5.41) is 4.57. The molecule has 0 aliphatic carbocycles. The fourth-order valence-electron chi connectivity index (χ4n) is 3.17. The molecule has 2 heterocycles. The molecule has 6 nitrogen and oxygen atoms in total. The van der Waals surface area contributed by atoms with E-state index in [9.17, 15) is 9.59 Å². The Morgan fingerprint density at radius 1 is 1.24 bits per heavy atom. The summed E-state index contributed by atoms with van der Waals surface area (Å²) in [5.74, 6) is -0.674. The van der Waals surface area contributed by atoms with E-state index in [0.29, 0.717) is 19.5 Å². The van der Waals surface area contributed by atoms with Gasteiger partial charge in [0.2, 0.25) is 11.8 Å². The number of nitrogens with zero attached hydrogens (tertiary/aromatic N) is 3. The van der Waals surface area contributed by atoms with Crippen LogP contribution in [0.2, 0.25) is 0 Å². The highest BCUT2D eigenvalue weighted by Gasteiger charge is 2.28. The van der Waals surface area contributed by atoms with Gasteiger partial charge in [0, 0.05) is 30.4 Å². The molecule has 0 radical (unpaired) electrons. The number of hydrogen-bond acceptors (Lipinski definition) is 3. The van der Waals surface area contributed by atoms with Gasteiger partial charge < -0.3 is 10.6 Å². The lowest BCUT2D eigenvalue weighted by Crippen LogP contribution is -2.30. The number of aromatic nitrogens is 2. The van der Waals surface area contributed by atoms with E-state index in [1.165, 1.54) is 0 Å². The van der Waals surface area contributed by atoms with E-state index in [4.69, 9.17) is 5.73 Å². The molecule has 1 aromatic heterocycles. The summed E-state index contributed by atoms with van der Waals surface area (Å²) in [4.78, 5) is 25.2. The van der Waals surface area contributed by atoms with E-state index in [1.807, 2.05) is 48.9 Å². The van der Waals surface area contributed by atoms with Crippen LogP contribution in [-0.4, -0.2) is 39.6 Å². The van der Waals surface area contributed by atoms with Crippen LogP contribution in [0.3, 0.4) is 0 Å². The third kappa shape index (κ3) is 3.47. The van der Waals surface area contributed by atoms with Gasteiger partial charge in [-0.15, -0.1) is 0 Å². The molecule has 0 bridgehead atoms. The largest absolute Gasteiger partial charge is 0.369 e. The zero-order valence-corrected chi connectivity index (χ0v) is 14.5. The van der Waals surface area contributed by atoms with Crippen LogP contribution in [0, 0.1) is 19.8 Å². The zero-order chi connectivity index (χ0) is 18.0. The van der Waals surface area contributed by atoms with Gasteiger partial charge in [-0.05, 0) is 38.5 Å². The number of carbonyl (C=O) groups excluding carboxylic acids is 2. The Morgan fingerprint density at radius 2 is 1.96 bits per heavy atom. The van der Waals surface area contributed by atoms with Gasteiger partial charge >= 0.3 is 0 Å². The predicted molar refractivity (Wildman–Crippen MR) is 96.0 cm³/mol. The maximum atomic E-state index is 12.3. The lowest BCUT2D eigenvalue weighted by Gasteiger charge is -2.13. The number of carbonyl (C=O) groups is 2. The lowest BCUT2D eigenvalue weighted by molar-refractivity contribution is -0.125. The molecule has 3 rings (SSSR count). The van der Waals surface area contributed by atoms with Gasteiger partial charge in [-0.2, -0.15) is 5.10 Å². The minimum atomic E-state index is -0.338. The Kier molecular flexibility index (Phi) is 4.70. The van der Waals surface area contributed by atoms with Crippen molar-refractivity contribution in [2.75, 3.05) is 13.1 Å². The van der Waals surface area contributed by atoms with Gasteiger partial charge in [0.25, 0.3) is 0 Å². The van der Waals surface area contributed by atoms with Crippen LogP contribution in [0.25, 0.3) is 11.8 Å². The van der Waals surface area contributed by atoms with Crippen molar-refractivity contribution in [3.8, 4) is 5.69 Å². The first-order valence-corrected chi connectivity index (χ1v) is 8.35. The Hall–Kier alpha value is -2.89. The quantitative estimate of drug-likeness (QED) is 0.864. The number of rotatable bonds is 4. The molecule has 2 N–H and O–H groups in total. The van der Waals surface area contributed by atoms with Gasteiger partial charge in [0.1, 0.15) is 0 Å². The van der Waals surface area contributed by atoms with Gasteiger partial charge in [-0.3, -0.25) is 9.59 Å². The molecule has 130 valence electrons. The van der Waals surface area contributed by atoms with Crippen LogP contribution in [0.4, 0.5) is 0 Å². The normalized spacial score (nSPS) is 17.4. The van der Waals surface area contributed by atoms with Crippen molar-refractivity contribution in [2.24, 2.45) is 11.7 Å². The summed E-state index contributed by atoms with van der Waals surface area (Å²) < 4.78 is 1.87. The first kappa shape index (κ1) is 17.0. The molecular formula is C19H22N4O2. The summed E-state index contributed by atoms with van der Waals surface area (Å²) in [6.45, 7) is 4.88. The number of likely N-dealkylation sites (tertiary alicyclic amines) is 1. The highest BCUT2D eigenvalue weighted by Crippen LogP contribution is 2.20. The molecule has 1 aliphatic heterocycles. The molecule has 1 fully saturated rings. The van der Waals surface area contributed by atoms with Gasteiger partial charge in [-0.1, -0.05) is 18.2 Å². The Labute approximate surface area is 146 Å². The van der Waals surface area contributed by atoms with Crippen LogP contribution < -0.4 is 5.73 Å². The van der Waals surface area contributed by atoms with Crippen molar-refractivity contribution in [1.29, 1.82) is 0 Å². The smallest absolute Gasteiger partial charge is 0.246 e. The topological polar surface area (TPSA) is 81.2 Å². The Bertz CT molecular complexity index is 823. The van der Waals surface area contributed by atoms with Crippen molar-refractivity contribution in [2.45, 2.75) is 20.3 Å².